The Morgan fingerprint density at radius 3 is 2.65 bits per heavy atom. The normalized spacial score (nSPS) is 15.8. The van der Waals surface area contributed by atoms with Gasteiger partial charge in [-0.05, 0) is 25.2 Å². The topological polar surface area (TPSA) is 73.3 Å². The van der Waals surface area contributed by atoms with Crippen molar-refractivity contribution in [2.45, 2.75) is 0 Å². The van der Waals surface area contributed by atoms with Crippen LogP contribution in [-0.4, -0.2) is 57.5 Å². The SMILES string of the molecule is CN1CCN(c2ncc3cc(C#N)c4nc5ccccc5n4c3n2)CC1. The maximum Gasteiger partial charge on any atom is 0.227 e. The summed E-state index contributed by atoms with van der Waals surface area (Å²) in [6, 6.07) is 12.0. The van der Waals surface area contributed by atoms with Gasteiger partial charge in [0.2, 0.25) is 5.95 Å². The third-order valence-electron chi connectivity index (χ3n) is 5.00. The van der Waals surface area contributed by atoms with Crippen molar-refractivity contribution < 1.29 is 0 Å². The van der Waals surface area contributed by atoms with Crippen LogP contribution in [0.25, 0.3) is 27.7 Å². The van der Waals surface area contributed by atoms with Crippen LogP contribution in [0.5, 0.6) is 0 Å². The number of para-hydroxylation sites is 2. The summed E-state index contributed by atoms with van der Waals surface area (Å²) in [6.45, 7) is 3.81. The summed E-state index contributed by atoms with van der Waals surface area (Å²) >= 11 is 0. The smallest absolute Gasteiger partial charge is 0.227 e. The first-order valence-electron chi connectivity index (χ1n) is 8.65. The van der Waals surface area contributed by atoms with E-state index < -0.39 is 0 Å². The van der Waals surface area contributed by atoms with E-state index >= 15 is 0 Å². The Morgan fingerprint density at radius 2 is 1.85 bits per heavy atom. The molecule has 1 aliphatic heterocycles. The van der Waals surface area contributed by atoms with Gasteiger partial charge in [-0.1, -0.05) is 12.1 Å². The van der Waals surface area contributed by atoms with E-state index in [1.165, 1.54) is 0 Å². The second-order valence-corrected chi connectivity index (χ2v) is 6.67. The van der Waals surface area contributed by atoms with Crippen molar-refractivity contribution in [2.24, 2.45) is 0 Å². The monoisotopic (exact) mass is 343 g/mol. The molecule has 0 aliphatic carbocycles. The van der Waals surface area contributed by atoms with E-state index in [1.54, 1.807) is 0 Å². The van der Waals surface area contributed by atoms with Crippen LogP contribution in [0.3, 0.4) is 0 Å². The number of hydrogen-bond donors (Lipinski definition) is 0. The molecule has 26 heavy (non-hydrogen) atoms. The molecule has 128 valence electrons. The van der Waals surface area contributed by atoms with Gasteiger partial charge in [-0.15, -0.1) is 0 Å². The number of rotatable bonds is 1. The lowest BCUT2D eigenvalue weighted by atomic mass is 10.2. The first kappa shape index (κ1) is 15.0. The van der Waals surface area contributed by atoms with Crippen molar-refractivity contribution in [1.29, 1.82) is 5.26 Å². The molecule has 5 rings (SSSR count). The first-order chi connectivity index (χ1) is 12.7. The molecule has 7 nitrogen and oxygen atoms in total. The summed E-state index contributed by atoms with van der Waals surface area (Å²) in [5.41, 5.74) is 3.77. The summed E-state index contributed by atoms with van der Waals surface area (Å²) in [4.78, 5) is 18.6. The Morgan fingerprint density at radius 1 is 1.04 bits per heavy atom. The summed E-state index contributed by atoms with van der Waals surface area (Å²) < 4.78 is 1.98. The molecule has 4 aromatic rings. The minimum Gasteiger partial charge on any atom is -0.338 e. The van der Waals surface area contributed by atoms with Crippen LogP contribution in [0.15, 0.2) is 36.5 Å². The van der Waals surface area contributed by atoms with E-state index in [-0.39, 0.29) is 0 Å². The number of piperazine rings is 1. The highest BCUT2D eigenvalue weighted by molar-refractivity contribution is 5.91. The number of nitriles is 1. The highest BCUT2D eigenvalue weighted by Crippen LogP contribution is 2.26. The number of nitrogens with zero attached hydrogens (tertiary/aromatic N) is 7. The number of hydrogen-bond acceptors (Lipinski definition) is 6. The lowest BCUT2D eigenvalue weighted by Crippen LogP contribution is -2.45. The van der Waals surface area contributed by atoms with Crippen LogP contribution in [0.1, 0.15) is 5.56 Å². The molecule has 0 N–H and O–H groups in total. The molecule has 7 heteroatoms. The van der Waals surface area contributed by atoms with Gasteiger partial charge in [0, 0.05) is 37.8 Å². The second kappa shape index (κ2) is 5.64. The van der Waals surface area contributed by atoms with Crippen molar-refractivity contribution in [3.63, 3.8) is 0 Å². The predicted octanol–water partition coefficient (Wildman–Crippen LogP) is 2.05. The Kier molecular flexibility index (Phi) is 3.27. The lowest BCUT2D eigenvalue weighted by molar-refractivity contribution is 0.311. The van der Waals surface area contributed by atoms with Crippen molar-refractivity contribution in [3.8, 4) is 6.07 Å². The van der Waals surface area contributed by atoms with Crippen LogP contribution in [0.2, 0.25) is 0 Å². The Bertz CT molecular complexity index is 1180. The lowest BCUT2D eigenvalue weighted by Gasteiger charge is -2.32. The number of benzene rings is 1. The number of pyridine rings is 1. The highest BCUT2D eigenvalue weighted by Gasteiger charge is 2.19. The fourth-order valence-corrected chi connectivity index (χ4v) is 3.54. The van der Waals surface area contributed by atoms with Crippen LogP contribution in [0.4, 0.5) is 5.95 Å². The number of imidazole rings is 1. The number of likely N-dealkylation sites (N-methyl/N-ethyl adjacent to an activating group) is 1. The van der Waals surface area contributed by atoms with Crippen LogP contribution >= 0.6 is 0 Å². The minimum absolute atomic E-state index is 0.532. The van der Waals surface area contributed by atoms with E-state index in [0.717, 1.165) is 54.2 Å². The third-order valence-corrected chi connectivity index (χ3v) is 5.00. The van der Waals surface area contributed by atoms with E-state index in [9.17, 15) is 5.26 Å². The average Bonchev–Trinajstić information content (AvgIpc) is 3.07. The largest absolute Gasteiger partial charge is 0.338 e. The molecule has 1 fully saturated rings. The molecule has 0 saturated carbocycles. The third kappa shape index (κ3) is 2.20. The van der Waals surface area contributed by atoms with Gasteiger partial charge in [-0.25, -0.2) is 9.97 Å². The van der Waals surface area contributed by atoms with Crippen molar-refractivity contribution in [3.05, 3.63) is 42.1 Å². The number of aromatic nitrogens is 4. The molecule has 0 atom stereocenters. The zero-order valence-electron chi connectivity index (χ0n) is 14.4. The van der Waals surface area contributed by atoms with Crippen LogP contribution in [-0.2, 0) is 0 Å². The molecule has 0 amide bonds. The molecule has 3 aromatic heterocycles. The Balaban J connectivity index is 1.79. The van der Waals surface area contributed by atoms with E-state index in [2.05, 4.69) is 32.9 Å². The highest BCUT2D eigenvalue weighted by atomic mass is 15.3. The van der Waals surface area contributed by atoms with Crippen molar-refractivity contribution in [2.75, 3.05) is 38.1 Å². The molecule has 1 aromatic carbocycles. The fourth-order valence-electron chi connectivity index (χ4n) is 3.54. The van der Waals surface area contributed by atoms with Gasteiger partial charge in [-0.2, -0.15) is 10.2 Å². The fraction of sp³-hybridized carbons (Fsp3) is 0.263. The van der Waals surface area contributed by atoms with Crippen LogP contribution in [0, 0.1) is 11.3 Å². The van der Waals surface area contributed by atoms with Gasteiger partial charge in [0.1, 0.15) is 6.07 Å². The van der Waals surface area contributed by atoms with Crippen molar-refractivity contribution in [1.82, 2.24) is 24.3 Å². The Labute approximate surface area is 150 Å². The average molecular weight is 343 g/mol. The molecular formula is C19H17N7. The van der Waals surface area contributed by atoms with E-state index in [1.807, 2.05) is 40.9 Å². The molecule has 0 bridgehead atoms. The van der Waals surface area contributed by atoms with Crippen LogP contribution < -0.4 is 4.90 Å². The summed E-state index contributed by atoms with van der Waals surface area (Å²) in [5, 5.41) is 10.4. The first-order valence-corrected chi connectivity index (χ1v) is 8.65. The van der Waals surface area contributed by atoms with E-state index in [4.69, 9.17) is 4.98 Å². The molecular weight excluding hydrogens is 326 g/mol. The summed E-state index contributed by atoms with van der Waals surface area (Å²) in [5.74, 6) is 0.731. The molecule has 0 radical (unpaired) electrons. The maximum atomic E-state index is 9.55. The minimum atomic E-state index is 0.532. The quantitative estimate of drug-likeness (QED) is 0.527. The van der Waals surface area contributed by atoms with Gasteiger partial charge in [0.25, 0.3) is 0 Å². The second-order valence-electron chi connectivity index (χ2n) is 6.67. The van der Waals surface area contributed by atoms with Gasteiger partial charge in [-0.3, -0.25) is 4.40 Å². The van der Waals surface area contributed by atoms with Gasteiger partial charge in [0.15, 0.2) is 11.3 Å². The standard InChI is InChI=1S/C19H17N7/c1-24-6-8-25(9-7-24)19-21-12-14-10-13(11-20)17-22-15-4-2-3-5-16(15)26(17)18(14)23-19/h2-5,10,12H,6-9H2,1H3. The van der Waals surface area contributed by atoms with Crippen molar-refractivity contribution >= 4 is 33.7 Å². The van der Waals surface area contributed by atoms with Gasteiger partial charge < -0.3 is 9.80 Å². The zero-order chi connectivity index (χ0) is 17.7. The van der Waals surface area contributed by atoms with Gasteiger partial charge >= 0.3 is 0 Å². The maximum absolute atomic E-state index is 9.55. The summed E-state index contributed by atoms with van der Waals surface area (Å²) in [6.07, 6.45) is 1.81. The molecule has 1 aliphatic rings. The molecule has 4 heterocycles. The zero-order valence-corrected chi connectivity index (χ0v) is 14.4. The predicted molar refractivity (Wildman–Crippen MR) is 100 cm³/mol. The molecule has 1 saturated heterocycles. The number of anilines is 1. The molecule has 0 spiro atoms. The molecule has 0 unspecified atom stereocenters. The Hall–Kier alpha value is -3.24. The summed E-state index contributed by atoms with van der Waals surface area (Å²) in [7, 11) is 2.13. The van der Waals surface area contributed by atoms with Gasteiger partial charge in [0.05, 0.1) is 16.6 Å². The number of fused-ring (bicyclic) bond motifs is 5. The van der Waals surface area contributed by atoms with E-state index in [0.29, 0.717) is 11.2 Å².